The van der Waals surface area contributed by atoms with Crippen LogP contribution in [-0.4, -0.2) is 26.8 Å². The Labute approximate surface area is 111 Å². The van der Waals surface area contributed by atoms with Crippen molar-refractivity contribution in [1.82, 2.24) is 0 Å². The van der Waals surface area contributed by atoms with E-state index in [0.717, 1.165) is 10.8 Å². The number of hydrogen-bond donors (Lipinski definition) is 0. The van der Waals surface area contributed by atoms with Gasteiger partial charge in [0.1, 0.15) is 17.1 Å². The lowest BCUT2D eigenvalue weighted by Crippen LogP contribution is -2.07. The molecule has 0 aliphatic heterocycles. The number of ether oxygens (including phenoxy) is 3. The lowest BCUT2D eigenvalue weighted by Gasteiger charge is -2.14. The Kier molecular flexibility index (Phi) is 3.90. The van der Waals surface area contributed by atoms with Gasteiger partial charge in [-0.2, -0.15) is 0 Å². The molecule has 2 aromatic rings. The van der Waals surface area contributed by atoms with Gasteiger partial charge in [0.05, 0.1) is 20.8 Å². The van der Waals surface area contributed by atoms with Crippen LogP contribution in [-0.2, 0) is 4.74 Å². The third kappa shape index (κ3) is 2.34. The van der Waals surface area contributed by atoms with Crippen LogP contribution in [0.25, 0.3) is 10.8 Å². The van der Waals surface area contributed by atoms with Crippen molar-refractivity contribution in [2.45, 2.75) is 6.92 Å². The van der Waals surface area contributed by atoms with Gasteiger partial charge < -0.3 is 14.2 Å². The van der Waals surface area contributed by atoms with E-state index in [0.29, 0.717) is 23.7 Å². The van der Waals surface area contributed by atoms with Gasteiger partial charge in [0.2, 0.25) is 0 Å². The van der Waals surface area contributed by atoms with Crippen LogP contribution in [0.1, 0.15) is 17.3 Å². The highest BCUT2D eigenvalue weighted by atomic mass is 16.5. The van der Waals surface area contributed by atoms with E-state index in [1.807, 2.05) is 24.3 Å². The molecule has 0 fully saturated rings. The molecule has 4 nitrogen and oxygen atoms in total. The minimum Gasteiger partial charge on any atom is -0.496 e. The van der Waals surface area contributed by atoms with Crippen LogP contribution in [0, 0.1) is 0 Å². The first kappa shape index (κ1) is 13.2. The van der Waals surface area contributed by atoms with Gasteiger partial charge in [-0.25, -0.2) is 4.79 Å². The highest BCUT2D eigenvalue weighted by Gasteiger charge is 2.19. The number of carbonyl (C=O) groups excluding carboxylic acids is 1. The maximum atomic E-state index is 12.0. The molecule has 0 bridgehead atoms. The molecule has 0 N–H and O–H groups in total. The van der Waals surface area contributed by atoms with Crippen molar-refractivity contribution in [3.8, 4) is 11.5 Å². The second kappa shape index (κ2) is 5.61. The molecule has 19 heavy (non-hydrogen) atoms. The van der Waals surface area contributed by atoms with E-state index in [4.69, 9.17) is 14.2 Å². The highest BCUT2D eigenvalue weighted by Crippen LogP contribution is 2.36. The van der Waals surface area contributed by atoms with Crippen LogP contribution >= 0.6 is 0 Å². The lowest BCUT2D eigenvalue weighted by molar-refractivity contribution is 0.0522. The second-order valence-electron chi connectivity index (χ2n) is 3.93. The van der Waals surface area contributed by atoms with Crippen LogP contribution < -0.4 is 9.47 Å². The molecule has 4 heteroatoms. The lowest BCUT2D eigenvalue weighted by atomic mass is 10.0. The van der Waals surface area contributed by atoms with Crippen molar-refractivity contribution in [3.63, 3.8) is 0 Å². The monoisotopic (exact) mass is 260 g/mol. The number of esters is 1. The van der Waals surface area contributed by atoms with Gasteiger partial charge in [-0.1, -0.05) is 24.3 Å². The van der Waals surface area contributed by atoms with Gasteiger partial charge in [-0.05, 0) is 13.0 Å². The maximum Gasteiger partial charge on any atom is 0.342 e. The van der Waals surface area contributed by atoms with Crippen molar-refractivity contribution in [3.05, 3.63) is 35.9 Å². The first-order valence-electron chi connectivity index (χ1n) is 6.03. The predicted octanol–water partition coefficient (Wildman–Crippen LogP) is 3.03. The third-order valence-corrected chi connectivity index (χ3v) is 2.88. The van der Waals surface area contributed by atoms with Gasteiger partial charge in [-0.15, -0.1) is 0 Å². The maximum absolute atomic E-state index is 12.0. The smallest absolute Gasteiger partial charge is 0.342 e. The van der Waals surface area contributed by atoms with Gasteiger partial charge in [0, 0.05) is 10.8 Å². The SMILES string of the molecule is CCOC(=O)c1cc(OC)c2ccccc2c1OC. The largest absolute Gasteiger partial charge is 0.496 e. The van der Waals surface area contributed by atoms with E-state index in [1.54, 1.807) is 20.1 Å². The van der Waals surface area contributed by atoms with Gasteiger partial charge in [0.15, 0.2) is 0 Å². The zero-order chi connectivity index (χ0) is 13.8. The topological polar surface area (TPSA) is 44.8 Å². The molecule has 100 valence electrons. The fraction of sp³-hybridized carbons (Fsp3) is 0.267. The molecule has 2 aromatic carbocycles. The number of benzene rings is 2. The van der Waals surface area contributed by atoms with E-state index in [1.165, 1.54) is 7.11 Å². The minimum absolute atomic E-state index is 0.317. The van der Waals surface area contributed by atoms with Crippen LogP contribution in [0.5, 0.6) is 11.5 Å². The van der Waals surface area contributed by atoms with E-state index in [9.17, 15) is 4.79 Å². The number of carbonyl (C=O) groups is 1. The van der Waals surface area contributed by atoms with E-state index in [-0.39, 0.29) is 0 Å². The van der Waals surface area contributed by atoms with Gasteiger partial charge in [0.25, 0.3) is 0 Å². The first-order chi connectivity index (χ1) is 9.22. The van der Waals surface area contributed by atoms with Gasteiger partial charge >= 0.3 is 5.97 Å². The quantitative estimate of drug-likeness (QED) is 0.793. The molecule has 0 unspecified atom stereocenters. The summed E-state index contributed by atoms with van der Waals surface area (Å²) in [4.78, 5) is 12.0. The first-order valence-corrected chi connectivity index (χ1v) is 6.03. The molecular formula is C15H16O4. The molecule has 0 aliphatic rings. The summed E-state index contributed by atoms with van der Waals surface area (Å²) in [6.45, 7) is 2.08. The predicted molar refractivity (Wildman–Crippen MR) is 73.0 cm³/mol. The fourth-order valence-corrected chi connectivity index (χ4v) is 2.06. The molecule has 0 heterocycles. The van der Waals surface area contributed by atoms with Crippen LogP contribution in [0.15, 0.2) is 30.3 Å². The average Bonchev–Trinajstić information content (AvgIpc) is 2.45. The van der Waals surface area contributed by atoms with Crippen molar-refractivity contribution < 1.29 is 19.0 Å². The Morgan fingerprint density at radius 1 is 1.11 bits per heavy atom. The Hall–Kier alpha value is -2.23. The minimum atomic E-state index is -0.414. The summed E-state index contributed by atoms with van der Waals surface area (Å²) in [5.41, 5.74) is 0.375. The number of hydrogen-bond acceptors (Lipinski definition) is 4. The molecule has 2 rings (SSSR count). The fourth-order valence-electron chi connectivity index (χ4n) is 2.06. The summed E-state index contributed by atoms with van der Waals surface area (Å²) in [7, 11) is 3.11. The zero-order valence-electron chi connectivity index (χ0n) is 11.2. The van der Waals surface area contributed by atoms with E-state index >= 15 is 0 Å². The summed E-state index contributed by atoms with van der Waals surface area (Å²) in [6, 6.07) is 9.26. The third-order valence-electron chi connectivity index (χ3n) is 2.88. The Balaban J connectivity index is 2.73. The highest BCUT2D eigenvalue weighted by molar-refractivity contribution is 6.04. The Morgan fingerprint density at radius 3 is 2.37 bits per heavy atom. The number of methoxy groups -OCH3 is 2. The van der Waals surface area contributed by atoms with E-state index < -0.39 is 5.97 Å². The molecule has 0 aromatic heterocycles. The molecule has 0 aliphatic carbocycles. The normalized spacial score (nSPS) is 10.3. The zero-order valence-corrected chi connectivity index (χ0v) is 11.2. The average molecular weight is 260 g/mol. The summed E-state index contributed by atoms with van der Waals surface area (Å²) in [5.74, 6) is 0.720. The van der Waals surface area contributed by atoms with Crippen molar-refractivity contribution in [2.24, 2.45) is 0 Å². The molecule has 0 saturated carbocycles. The summed E-state index contributed by atoms with van der Waals surface area (Å²) in [5, 5.41) is 1.72. The Morgan fingerprint density at radius 2 is 1.79 bits per heavy atom. The van der Waals surface area contributed by atoms with Crippen molar-refractivity contribution in [1.29, 1.82) is 0 Å². The molecule has 0 atom stereocenters. The van der Waals surface area contributed by atoms with Crippen LogP contribution in [0.4, 0.5) is 0 Å². The summed E-state index contributed by atoms with van der Waals surface area (Å²) >= 11 is 0. The summed E-state index contributed by atoms with van der Waals surface area (Å²) < 4.78 is 15.7. The number of fused-ring (bicyclic) bond motifs is 1. The molecule has 0 amide bonds. The van der Waals surface area contributed by atoms with Crippen molar-refractivity contribution in [2.75, 3.05) is 20.8 Å². The van der Waals surface area contributed by atoms with Crippen LogP contribution in [0.3, 0.4) is 0 Å². The summed E-state index contributed by atoms with van der Waals surface area (Å²) in [6.07, 6.45) is 0. The molecular weight excluding hydrogens is 244 g/mol. The molecule has 0 saturated heterocycles. The number of rotatable bonds is 4. The van der Waals surface area contributed by atoms with Crippen LogP contribution in [0.2, 0.25) is 0 Å². The van der Waals surface area contributed by atoms with Gasteiger partial charge in [-0.3, -0.25) is 0 Å². The van der Waals surface area contributed by atoms with Crippen molar-refractivity contribution >= 4 is 16.7 Å². The second-order valence-corrected chi connectivity index (χ2v) is 3.93. The molecule has 0 radical (unpaired) electrons. The Bertz CT molecular complexity index is 604. The molecule has 0 spiro atoms. The van der Waals surface area contributed by atoms with E-state index in [2.05, 4.69) is 0 Å². The standard InChI is InChI=1S/C15H16O4/c1-4-19-15(16)12-9-13(17-2)10-7-5-6-8-11(10)14(12)18-3/h5-9H,4H2,1-3H3.